The van der Waals surface area contributed by atoms with Gasteiger partial charge in [0.1, 0.15) is 5.60 Å². The van der Waals surface area contributed by atoms with Crippen LogP contribution in [0.4, 0.5) is 4.79 Å². The highest BCUT2D eigenvalue weighted by Gasteiger charge is 2.33. The minimum absolute atomic E-state index is 0.230. The first-order chi connectivity index (χ1) is 10.3. The van der Waals surface area contributed by atoms with E-state index in [1.165, 1.54) is 0 Å². The molecule has 6 heteroatoms. The third kappa shape index (κ3) is 4.80. The number of thiol groups is 1. The molecule has 0 saturated carbocycles. The smallest absolute Gasteiger partial charge is 0.410 e. The van der Waals surface area contributed by atoms with Crippen LogP contribution in [0.5, 0.6) is 0 Å². The van der Waals surface area contributed by atoms with E-state index in [9.17, 15) is 9.59 Å². The summed E-state index contributed by atoms with van der Waals surface area (Å²) in [5.74, 6) is 1.72. The fraction of sp³-hybridized carbons (Fsp3) is 0.875. The van der Waals surface area contributed by atoms with Gasteiger partial charge in [-0.15, -0.1) is 0 Å². The number of hydrogen-bond acceptors (Lipinski definition) is 4. The second-order valence-electron chi connectivity index (χ2n) is 7.49. The zero-order valence-corrected chi connectivity index (χ0v) is 14.8. The van der Waals surface area contributed by atoms with Gasteiger partial charge < -0.3 is 14.5 Å². The second kappa shape index (κ2) is 7.11. The normalized spacial score (nSPS) is 26.5. The van der Waals surface area contributed by atoms with Crippen LogP contribution < -0.4 is 0 Å². The monoisotopic (exact) mass is 328 g/mol. The highest BCUT2D eigenvalue weighted by atomic mass is 32.1. The Labute approximate surface area is 138 Å². The average Bonchev–Trinajstić information content (AvgIpc) is 2.78. The van der Waals surface area contributed by atoms with Crippen LogP contribution >= 0.6 is 12.6 Å². The maximum absolute atomic E-state index is 12.2. The predicted molar refractivity (Wildman–Crippen MR) is 89.1 cm³/mol. The Kier molecular flexibility index (Phi) is 5.64. The molecule has 2 unspecified atom stereocenters. The summed E-state index contributed by atoms with van der Waals surface area (Å²) in [4.78, 5) is 27.9. The van der Waals surface area contributed by atoms with Crippen molar-refractivity contribution in [2.24, 2.45) is 11.8 Å². The number of likely N-dealkylation sites (tertiary alicyclic amines) is 2. The average molecular weight is 328 g/mol. The van der Waals surface area contributed by atoms with Crippen LogP contribution in [0.1, 0.15) is 40.0 Å². The lowest BCUT2D eigenvalue weighted by Crippen LogP contribution is -2.45. The molecule has 2 atom stereocenters. The Bertz CT molecular complexity index is 422. The Morgan fingerprint density at radius 3 is 2.64 bits per heavy atom. The molecule has 2 fully saturated rings. The van der Waals surface area contributed by atoms with Gasteiger partial charge in [0.15, 0.2) is 0 Å². The topological polar surface area (TPSA) is 49.9 Å². The number of piperidine rings is 1. The molecule has 0 N–H and O–H groups in total. The largest absolute Gasteiger partial charge is 0.444 e. The Morgan fingerprint density at radius 1 is 1.32 bits per heavy atom. The van der Waals surface area contributed by atoms with Crippen LogP contribution in [0.25, 0.3) is 0 Å². The molecule has 0 aromatic heterocycles. The summed E-state index contributed by atoms with van der Waals surface area (Å²) >= 11 is 4.30. The first-order valence-corrected chi connectivity index (χ1v) is 8.78. The number of hydrogen-bond donors (Lipinski definition) is 1. The number of nitrogens with zero attached hydrogens (tertiary/aromatic N) is 2. The van der Waals surface area contributed by atoms with Crippen molar-refractivity contribution in [2.75, 3.05) is 31.9 Å². The van der Waals surface area contributed by atoms with Gasteiger partial charge in [0.05, 0.1) is 0 Å². The third-order valence-electron chi connectivity index (χ3n) is 4.20. The molecule has 0 aliphatic carbocycles. The summed E-state index contributed by atoms with van der Waals surface area (Å²) in [6.07, 6.45) is 2.42. The van der Waals surface area contributed by atoms with E-state index in [4.69, 9.17) is 4.74 Å². The van der Waals surface area contributed by atoms with Gasteiger partial charge in [0.2, 0.25) is 5.91 Å². The first kappa shape index (κ1) is 17.4. The maximum atomic E-state index is 12.2. The van der Waals surface area contributed by atoms with Crippen LogP contribution in [0.15, 0.2) is 0 Å². The van der Waals surface area contributed by atoms with E-state index in [1.807, 2.05) is 25.7 Å². The van der Waals surface area contributed by atoms with Gasteiger partial charge in [-0.25, -0.2) is 4.79 Å². The third-order valence-corrected chi connectivity index (χ3v) is 4.72. The van der Waals surface area contributed by atoms with Crippen LogP contribution in [-0.4, -0.2) is 59.3 Å². The van der Waals surface area contributed by atoms with Crippen molar-refractivity contribution < 1.29 is 14.3 Å². The summed E-state index contributed by atoms with van der Waals surface area (Å²) in [5, 5.41) is 0. The molecule has 0 bridgehead atoms. The van der Waals surface area contributed by atoms with Gasteiger partial charge in [-0.2, -0.15) is 12.6 Å². The number of carbonyl (C=O) groups excluding carboxylic acids is 2. The highest BCUT2D eigenvalue weighted by Crippen LogP contribution is 2.24. The molecular weight excluding hydrogens is 300 g/mol. The van der Waals surface area contributed by atoms with E-state index >= 15 is 0 Å². The van der Waals surface area contributed by atoms with Gasteiger partial charge >= 0.3 is 6.09 Å². The van der Waals surface area contributed by atoms with Crippen molar-refractivity contribution in [3.05, 3.63) is 0 Å². The van der Waals surface area contributed by atoms with Gasteiger partial charge in [-0.05, 0) is 51.2 Å². The van der Waals surface area contributed by atoms with Gasteiger partial charge in [-0.1, -0.05) is 0 Å². The number of rotatable bonds is 3. The van der Waals surface area contributed by atoms with Crippen LogP contribution in [0.3, 0.4) is 0 Å². The summed E-state index contributed by atoms with van der Waals surface area (Å²) in [5.41, 5.74) is -0.464. The SMILES string of the molecule is CC(C)(C)OC(=O)N1CCCC(CN2CC(CS)CC2=O)C1. The standard InChI is InChI=1S/C16H28N2O3S/c1-16(2,3)21-15(20)17-6-4-5-12(8-17)9-18-10-13(11-22)7-14(18)19/h12-13,22H,4-11H2,1-3H3. The van der Waals surface area contributed by atoms with Crippen molar-refractivity contribution in [3.8, 4) is 0 Å². The minimum Gasteiger partial charge on any atom is -0.444 e. The fourth-order valence-electron chi connectivity index (χ4n) is 3.17. The lowest BCUT2D eigenvalue weighted by atomic mass is 9.98. The minimum atomic E-state index is -0.464. The summed E-state index contributed by atoms with van der Waals surface area (Å²) in [6.45, 7) is 8.64. The Balaban J connectivity index is 1.86. The summed E-state index contributed by atoms with van der Waals surface area (Å²) in [7, 11) is 0. The molecule has 5 nitrogen and oxygen atoms in total. The number of amides is 2. The Hall–Kier alpha value is -0.910. The Morgan fingerprint density at radius 2 is 2.05 bits per heavy atom. The van der Waals surface area contributed by atoms with Crippen molar-refractivity contribution in [1.29, 1.82) is 0 Å². The molecule has 0 spiro atoms. The zero-order valence-electron chi connectivity index (χ0n) is 13.9. The molecule has 22 heavy (non-hydrogen) atoms. The van der Waals surface area contributed by atoms with Gasteiger partial charge in [0, 0.05) is 32.6 Å². The molecule has 0 aromatic rings. The lowest BCUT2D eigenvalue weighted by molar-refractivity contribution is -0.128. The van der Waals surface area contributed by atoms with Crippen molar-refractivity contribution >= 4 is 24.6 Å². The number of ether oxygens (including phenoxy) is 1. The van der Waals surface area contributed by atoms with E-state index < -0.39 is 5.60 Å². The van der Waals surface area contributed by atoms with Crippen LogP contribution in [0.2, 0.25) is 0 Å². The molecule has 2 saturated heterocycles. The van der Waals surface area contributed by atoms with E-state index in [0.29, 0.717) is 24.8 Å². The molecule has 0 radical (unpaired) electrons. The summed E-state index contributed by atoms with van der Waals surface area (Å²) < 4.78 is 5.45. The van der Waals surface area contributed by atoms with E-state index in [0.717, 1.165) is 38.2 Å². The highest BCUT2D eigenvalue weighted by molar-refractivity contribution is 7.80. The second-order valence-corrected chi connectivity index (χ2v) is 7.85. The maximum Gasteiger partial charge on any atom is 0.410 e. The molecule has 2 heterocycles. The lowest BCUT2D eigenvalue weighted by Gasteiger charge is -2.35. The van der Waals surface area contributed by atoms with Gasteiger partial charge in [0.25, 0.3) is 0 Å². The zero-order chi connectivity index (χ0) is 16.3. The van der Waals surface area contributed by atoms with E-state index in [1.54, 1.807) is 4.90 Å². The predicted octanol–water partition coefficient (Wildman–Crippen LogP) is 2.41. The summed E-state index contributed by atoms with van der Waals surface area (Å²) in [6, 6.07) is 0. The quantitative estimate of drug-likeness (QED) is 0.810. The molecule has 0 aromatic carbocycles. The van der Waals surface area contributed by atoms with E-state index in [-0.39, 0.29) is 12.0 Å². The molecule has 2 aliphatic rings. The van der Waals surface area contributed by atoms with Crippen molar-refractivity contribution in [3.63, 3.8) is 0 Å². The molecule has 2 amide bonds. The van der Waals surface area contributed by atoms with Crippen LogP contribution in [0, 0.1) is 11.8 Å². The first-order valence-electron chi connectivity index (χ1n) is 8.15. The number of carbonyl (C=O) groups is 2. The van der Waals surface area contributed by atoms with Crippen molar-refractivity contribution in [1.82, 2.24) is 9.80 Å². The molecule has 126 valence electrons. The fourth-order valence-corrected chi connectivity index (χ4v) is 3.42. The molecule has 2 rings (SSSR count). The van der Waals surface area contributed by atoms with Crippen LogP contribution in [-0.2, 0) is 9.53 Å². The molecule has 2 aliphatic heterocycles. The van der Waals surface area contributed by atoms with E-state index in [2.05, 4.69) is 12.6 Å². The van der Waals surface area contributed by atoms with Crippen molar-refractivity contribution in [2.45, 2.75) is 45.6 Å². The van der Waals surface area contributed by atoms with Gasteiger partial charge in [-0.3, -0.25) is 4.79 Å². The molecular formula is C16H28N2O3S.